The molecular formula is C20H44NO7P-2. The van der Waals surface area contributed by atoms with Gasteiger partial charge in [-0.25, -0.2) is 0 Å². The molecule has 178 valence electrons. The highest BCUT2D eigenvalue weighted by molar-refractivity contribution is 7.43. The van der Waals surface area contributed by atoms with Crippen molar-refractivity contribution < 1.29 is 34.2 Å². The Morgan fingerprint density at radius 1 is 0.690 bits per heavy atom. The molecule has 0 heterocycles. The van der Waals surface area contributed by atoms with Crippen LogP contribution in [-0.2, 0) is 9.09 Å². The van der Waals surface area contributed by atoms with Crippen molar-refractivity contribution in [2.45, 2.75) is 84.0 Å². The van der Waals surface area contributed by atoms with E-state index in [1.54, 1.807) is 4.90 Å². The minimum Gasteiger partial charge on any atom is -0.790 e. The van der Waals surface area contributed by atoms with Gasteiger partial charge in [0.25, 0.3) is 0 Å². The van der Waals surface area contributed by atoms with Crippen LogP contribution in [0.15, 0.2) is 0 Å². The van der Waals surface area contributed by atoms with Crippen LogP contribution in [0.3, 0.4) is 0 Å². The van der Waals surface area contributed by atoms with Gasteiger partial charge in [-0.15, -0.1) is 0 Å². The molecule has 9 heteroatoms. The molecule has 0 aliphatic heterocycles. The third kappa shape index (κ3) is 30.2. The standard InChI is InChI=1S/C14H31O4P.C6H15NO3/c1-2-3-4-5-6-7-8-9-10-11-12-13-14-18-19(15,16)17;8-4-1-7(2-5-9)3-6-10/h2-14H2,1H3,(H2,15,16,17);8-10H,1-6H2/p-2. The molecule has 0 saturated heterocycles. The molecule has 0 saturated carbocycles. The molecule has 0 atom stereocenters. The number of unbranched alkanes of at least 4 members (excludes halogenated alkanes) is 11. The van der Waals surface area contributed by atoms with E-state index in [2.05, 4.69) is 11.4 Å². The van der Waals surface area contributed by atoms with E-state index in [1.165, 1.54) is 57.8 Å². The molecule has 0 unspecified atom stereocenters. The second kappa shape index (κ2) is 24.2. The third-order valence-electron chi connectivity index (χ3n) is 4.50. The quantitative estimate of drug-likeness (QED) is 0.192. The van der Waals surface area contributed by atoms with Crippen LogP contribution in [0.1, 0.15) is 84.0 Å². The maximum atomic E-state index is 10.2. The third-order valence-corrected chi connectivity index (χ3v) is 4.99. The van der Waals surface area contributed by atoms with Crippen molar-refractivity contribution >= 4 is 7.82 Å². The number of phosphoric acid groups is 1. The molecule has 8 nitrogen and oxygen atoms in total. The SMILES string of the molecule is CCCCCCCCCCCCCCOP(=O)([O-])[O-].OCCN(CCO)CCO. The van der Waals surface area contributed by atoms with Gasteiger partial charge in [0.05, 0.1) is 34.3 Å². The van der Waals surface area contributed by atoms with Crippen molar-refractivity contribution in [1.82, 2.24) is 4.90 Å². The fraction of sp³-hybridized carbons (Fsp3) is 1.00. The van der Waals surface area contributed by atoms with Crippen LogP contribution in [0.5, 0.6) is 0 Å². The summed E-state index contributed by atoms with van der Waals surface area (Å²) in [5.41, 5.74) is 0. The van der Waals surface area contributed by atoms with E-state index in [9.17, 15) is 14.4 Å². The van der Waals surface area contributed by atoms with E-state index in [-0.39, 0.29) is 26.4 Å². The molecule has 0 bridgehead atoms. The van der Waals surface area contributed by atoms with Crippen LogP contribution < -0.4 is 9.79 Å². The van der Waals surface area contributed by atoms with Crippen LogP contribution in [0.4, 0.5) is 0 Å². The van der Waals surface area contributed by atoms with E-state index < -0.39 is 7.82 Å². The summed E-state index contributed by atoms with van der Waals surface area (Å²) in [5.74, 6) is 0. The molecular weight excluding hydrogens is 397 g/mol. The molecule has 0 aliphatic rings. The molecule has 0 aliphatic carbocycles. The first-order valence-corrected chi connectivity index (χ1v) is 12.6. The lowest BCUT2D eigenvalue weighted by Crippen LogP contribution is -2.32. The van der Waals surface area contributed by atoms with Gasteiger partial charge in [0.1, 0.15) is 0 Å². The number of aliphatic hydroxyl groups excluding tert-OH is 3. The predicted molar refractivity (Wildman–Crippen MR) is 112 cm³/mol. The zero-order valence-corrected chi connectivity index (χ0v) is 19.2. The first-order chi connectivity index (χ1) is 13.9. The van der Waals surface area contributed by atoms with E-state index in [0.29, 0.717) is 26.1 Å². The summed E-state index contributed by atoms with van der Waals surface area (Å²) < 4.78 is 14.3. The van der Waals surface area contributed by atoms with Gasteiger partial charge in [0.15, 0.2) is 0 Å². The Bertz CT molecular complexity index is 341. The number of aliphatic hydroxyl groups is 3. The van der Waals surface area contributed by atoms with Crippen molar-refractivity contribution in [1.29, 1.82) is 0 Å². The highest BCUT2D eigenvalue weighted by Crippen LogP contribution is 2.24. The number of hydrogen-bond donors (Lipinski definition) is 3. The van der Waals surface area contributed by atoms with Gasteiger partial charge in [0.2, 0.25) is 0 Å². The molecule has 0 spiro atoms. The maximum absolute atomic E-state index is 10.2. The van der Waals surface area contributed by atoms with Gasteiger partial charge < -0.3 is 34.2 Å². The Hall–Kier alpha value is -0.0500. The lowest BCUT2D eigenvalue weighted by Gasteiger charge is -2.28. The second-order valence-electron chi connectivity index (χ2n) is 7.18. The molecule has 0 fully saturated rings. The Morgan fingerprint density at radius 3 is 1.34 bits per heavy atom. The van der Waals surface area contributed by atoms with Gasteiger partial charge in [-0.1, -0.05) is 77.6 Å². The predicted octanol–water partition coefficient (Wildman–Crippen LogP) is 1.80. The summed E-state index contributed by atoms with van der Waals surface area (Å²) in [4.78, 5) is 22.2. The van der Waals surface area contributed by atoms with Gasteiger partial charge >= 0.3 is 0 Å². The average molecular weight is 442 g/mol. The summed E-state index contributed by atoms with van der Waals surface area (Å²) in [7, 11) is -4.75. The topological polar surface area (TPSA) is 136 Å². The van der Waals surface area contributed by atoms with Crippen LogP contribution in [0.2, 0.25) is 0 Å². The lowest BCUT2D eigenvalue weighted by atomic mass is 10.1. The molecule has 0 rings (SSSR count). The smallest absolute Gasteiger partial charge is 0.0596 e. The highest BCUT2D eigenvalue weighted by Gasteiger charge is 2.00. The van der Waals surface area contributed by atoms with Gasteiger partial charge in [-0.2, -0.15) is 0 Å². The zero-order valence-electron chi connectivity index (χ0n) is 18.3. The first-order valence-electron chi connectivity index (χ1n) is 11.1. The minimum atomic E-state index is -4.75. The van der Waals surface area contributed by atoms with E-state index in [4.69, 9.17) is 15.3 Å². The van der Waals surface area contributed by atoms with Crippen molar-refractivity contribution in [3.8, 4) is 0 Å². The minimum absolute atomic E-state index is 0.0434. The summed E-state index contributed by atoms with van der Waals surface area (Å²) >= 11 is 0. The first kappa shape index (κ1) is 31.1. The highest BCUT2D eigenvalue weighted by atomic mass is 31.2. The second-order valence-corrected chi connectivity index (χ2v) is 8.33. The van der Waals surface area contributed by atoms with Gasteiger partial charge in [0, 0.05) is 19.6 Å². The largest absolute Gasteiger partial charge is 0.790 e. The number of rotatable bonds is 20. The van der Waals surface area contributed by atoms with Gasteiger partial charge in [-0.05, 0) is 6.42 Å². The summed E-state index contributed by atoms with van der Waals surface area (Å²) in [6.45, 7) is 4.03. The molecule has 0 radical (unpaired) electrons. The molecule has 0 aromatic heterocycles. The van der Waals surface area contributed by atoms with Gasteiger partial charge in [-0.3, -0.25) is 4.90 Å². The van der Waals surface area contributed by atoms with Crippen molar-refractivity contribution in [3.63, 3.8) is 0 Å². The van der Waals surface area contributed by atoms with Crippen molar-refractivity contribution in [2.75, 3.05) is 46.1 Å². The summed E-state index contributed by atoms with van der Waals surface area (Å²) in [6, 6.07) is 0. The Kier molecular flexibility index (Phi) is 26.0. The van der Waals surface area contributed by atoms with Crippen LogP contribution >= 0.6 is 7.82 Å². The molecule has 3 N–H and O–H groups in total. The normalized spacial score (nSPS) is 11.6. The van der Waals surface area contributed by atoms with E-state index in [0.717, 1.165) is 12.8 Å². The molecule has 0 aromatic rings. The monoisotopic (exact) mass is 441 g/mol. The lowest BCUT2D eigenvalue weighted by molar-refractivity contribution is -0.341. The number of hydrogen-bond acceptors (Lipinski definition) is 8. The Morgan fingerprint density at radius 2 is 1.03 bits per heavy atom. The molecule has 29 heavy (non-hydrogen) atoms. The van der Waals surface area contributed by atoms with Crippen LogP contribution in [0, 0.1) is 0 Å². The number of nitrogens with zero attached hydrogens (tertiary/aromatic N) is 1. The molecule has 0 amide bonds. The molecule has 0 aromatic carbocycles. The Labute approximate surface area is 177 Å². The van der Waals surface area contributed by atoms with E-state index >= 15 is 0 Å². The maximum Gasteiger partial charge on any atom is 0.0596 e. The average Bonchev–Trinajstić information content (AvgIpc) is 2.66. The Balaban J connectivity index is 0. The van der Waals surface area contributed by atoms with Crippen LogP contribution in [0.25, 0.3) is 0 Å². The fourth-order valence-electron chi connectivity index (χ4n) is 2.88. The van der Waals surface area contributed by atoms with E-state index in [1.807, 2.05) is 0 Å². The number of phosphoric ester groups is 1. The van der Waals surface area contributed by atoms with Crippen molar-refractivity contribution in [3.05, 3.63) is 0 Å². The fourth-order valence-corrected chi connectivity index (χ4v) is 3.23. The summed E-state index contributed by atoms with van der Waals surface area (Å²) in [6.07, 6.45) is 14.6. The van der Waals surface area contributed by atoms with Crippen molar-refractivity contribution in [2.24, 2.45) is 0 Å². The van der Waals surface area contributed by atoms with Crippen LogP contribution in [-0.4, -0.2) is 66.3 Å². The zero-order chi connectivity index (χ0) is 22.2. The summed E-state index contributed by atoms with van der Waals surface area (Å²) in [5, 5.41) is 25.5.